The lowest BCUT2D eigenvalue weighted by Crippen LogP contribution is -2.32. The molecular formula is C23H24N2O5. The van der Waals surface area contributed by atoms with Gasteiger partial charge in [-0.1, -0.05) is 26.8 Å². The van der Waals surface area contributed by atoms with Crippen LogP contribution in [0.3, 0.4) is 0 Å². The van der Waals surface area contributed by atoms with E-state index in [2.05, 4.69) is 26.1 Å². The Labute approximate surface area is 174 Å². The van der Waals surface area contributed by atoms with E-state index in [4.69, 9.17) is 4.74 Å². The molecule has 0 bridgehead atoms. The van der Waals surface area contributed by atoms with Crippen molar-refractivity contribution in [3.8, 4) is 5.75 Å². The van der Waals surface area contributed by atoms with Gasteiger partial charge in [0.15, 0.2) is 5.43 Å². The molecule has 156 valence electrons. The molecule has 1 atom stereocenters. The molecule has 2 aliphatic rings. The molecule has 0 fully saturated rings. The number of aromatic nitrogens is 1. The normalized spacial score (nSPS) is 17.1. The lowest BCUT2D eigenvalue weighted by molar-refractivity contribution is 0.0693. The average Bonchev–Trinajstić information content (AvgIpc) is 3.03. The fourth-order valence-electron chi connectivity index (χ4n) is 4.40. The molecule has 0 radical (unpaired) electrons. The summed E-state index contributed by atoms with van der Waals surface area (Å²) in [6.45, 7) is 6.34. The first-order chi connectivity index (χ1) is 14.1. The SMILES string of the molecule is CNC(=O)Oc1ccc2c(c1)CC1=C2C[C@@H](C(C)(C)C)n2cc(C(=O)O)c(=O)cc21. The molecule has 0 spiro atoms. The smallest absolute Gasteiger partial charge is 0.412 e. The van der Waals surface area contributed by atoms with Gasteiger partial charge in [0.1, 0.15) is 11.3 Å². The van der Waals surface area contributed by atoms with Crippen LogP contribution < -0.4 is 15.5 Å². The van der Waals surface area contributed by atoms with Gasteiger partial charge in [0.2, 0.25) is 0 Å². The van der Waals surface area contributed by atoms with E-state index in [9.17, 15) is 19.5 Å². The number of rotatable bonds is 2. The van der Waals surface area contributed by atoms with Crippen LogP contribution in [0.5, 0.6) is 5.75 Å². The first-order valence-electron chi connectivity index (χ1n) is 9.85. The van der Waals surface area contributed by atoms with Crippen molar-refractivity contribution in [2.45, 2.75) is 39.7 Å². The molecule has 0 unspecified atom stereocenters. The van der Waals surface area contributed by atoms with Crippen LogP contribution in [0.15, 0.2) is 35.3 Å². The van der Waals surface area contributed by atoms with E-state index in [1.807, 2.05) is 16.7 Å². The quantitative estimate of drug-likeness (QED) is 0.789. The third-order valence-electron chi connectivity index (χ3n) is 5.90. The number of nitrogens with one attached hydrogen (secondary N) is 1. The van der Waals surface area contributed by atoms with Gasteiger partial charge < -0.3 is 19.7 Å². The van der Waals surface area contributed by atoms with Gasteiger partial charge in [-0.3, -0.25) is 4.79 Å². The summed E-state index contributed by atoms with van der Waals surface area (Å²) in [5.41, 5.74) is 4.21. The Bertz CT molecular complexity index is 1170. The van der Waals surface area contributed by atoms with Gasteiger partial charge in [0.25, 0.3) is 0 Å². The number of amides is 1. The number of carbonyl (C=O) groups is 2. The van der Waals surface area contributed by atoms with Crippen LogP contribution in [0.1, 0.15) is 60.4 Å². The van der Waals surface area contributed by atoms with Gasteiger partial charge in [0, 0.05) is 37.5 Å². The molecule has 2 N–H and O–H groups in total. The van der Waals surface area contributed by atoms with Crippen LogP contribution in [-0.2, 0) is 6.42 Å². The van der Waals surface area contributed by atoms with Crippen molar-refractivity contribution >= 4 is 23.2 Å². The molecular weight excluding hydrogens is 384 g/mol. The maximum absolute atomic E-state index is 12.5. The number of aromatic carboxylic acids is 1. The second kappa shape index (κ2) is 6.86. The molecule has 2 heterocycles. The highest BCUT2D eigenvalue weighted by Crippen LogP contribution is 2.50. The Morgan fingerprint density at radius 2 is 1.93 bits per heavy atom. The van der Waals surface area contributed by atoms with Crippen molar-refractivity contribution in [2.24, 2.45) is 5.41 Å². The summed E-state index contributed by atoms with van der Waals surface area (Å²) in [7, 11) is 1.50. The summed E-state index contributed by atoms with van der Waals surface area (Å²) in [6, 6.07) is 7.02. The van der Waals surface area contributed by atoms with E-state index in [1.165, 1.54) is 24.9 Å². The third kappa shape index (κ3) is 3.20. The molecule has 7 nitrogen and oxygen atoms in total. The van der Waals surface area contributed by atoms with Crippen LogP contribution in [0.4, 0.5) is 4.79 Å². The fourth-order valence-corrected chi connectivity index (χ4v) is 4.40. The number of fused-ring (bicyclic) bond motifs is 4. The van der Waals surface area contributed by atoms with E-state index in [1.54, 1.807) is 6.07 Å². The number of pyridine rings is 1. The molecule has 30 heavy (non-hydrogen) atoms. The Morgan fingerprint density at radius 1 is 1.20 bits per heavy atom. The molecule has 1 aliphatic carbocycles. The van der Waals surface area contributed by atoms with E-state index >= 15 is 0 Å². The van der Waals surface area contributed by atoms with Crippen LogP contribution in [0.25, 0.3) is 11.1 Å². The summed E-state index contributed by atoms with van der Waals surface area (Å²) >= 11 is 0. The highest BCUT2D eigenvalue weighted by Gasteiger charge is 2.37. The monoisotopic (exact) mass is 408 g/mol. The van der Waals surface area contributed by atoms with Gasteiger partial charge in [-0.15, -0.1) is 0 Å². The number of hydrogen-bond acceptors (Lipinski definition) is 4. The fraction of sp³-hybridized carbons (Fsp3) is 0.348. The van der Waals surface area contributed by atoms with Gasteiger partial charge in [0.05, 0.1) is 0 Å². The van der Waals surface area contributed by atoms with Gasteiger partial charge in [-0.25, -0.2) is 9.59 Å². The first kappa shape index (κ1) is 19.9. The topological polar surface area (TPSA) is 97.6 Å². The maximum Gasteiger partial charge on any atom is 0.412 e. The van der Waals surface area contributed by atoms with Crippen molar-refractivity contribution < 1.29 is 19.4 Å². The number of carboxylic acid groups (broad SMARTS) is 1. The van der Waals surface area contributed by atoms with Gasteiger partial charge >= 0.3 is 12.1 Å². The lowest BCUT2D eigenvalue weighted by Gasteiger charge is -2.39. The number of carbonyl (C=O) groups excluding carboxylic acids is 1. The molecule has 7 heteroatoms. The molecule has 1 aliphatic heterocycles. The summed E-state index contributed by atoms with van der Waals surface area (Å²) in [5.74, 6) is -0.757. The summed E-state index contributed by atoms with van der Waals surface area (Å²) in [5, 5.41) is 11.9. The maximum atomic E-state index is 12.5. The second-order valence-electron chi connectivity index (χ2n) is 8.83. The highest BCUT2D eigenvalue weighted by molar-refractivity contribution is 5.98. The van der Waals surface area contributed by atoms with Crippen molar-refractivity contribution in [3.63, 3.8) is 0 Å². The summed E-state index contributed by atoms with van der Waals surface area (Å²) in [4.78, 5) is 35.6. The molecule has 2 aromatic rings. The molecule has 1 amide bonds. The van der Waals surface area contributed by atoms with Crippen LogP contribution in [0.2, 0.25) is 0 Å². The standard InChI is InChI=1S/C23H24N2O5/c1-23(2,3)20-9-15-14-6-5-13(30-22(29)24-4)7-12(14)8-16(15)18-10-19(26)17(21(27)28)11-25(18)20/h5-7,10-11,20H,8-9H2,1-4H3,(H,24,29)(H,27,28)/t20-/m0/s1. The molecule has 4 rings (SSSR count). The molecule has 0 saturated heterocycles. The van der Waals surface area contributed by atoms with Crippen molar-refractivity contribution in [2.75, 3.05) is 7.05 Å². The minimum Gasteiger partial charge on any atom is -0.477 e. The summed E-state index contributed by atoms with van der Waals surface area (Å²) < 4.78 is 7.22. The highest BCUT2D eigenvalue weighted by atomic mass is 16.5. The Morgan fingerprint density at radius 3 is 2.57 bits per heavy atom. The van der Waals surface area contributed by atoms with Gasteiger partial charge in [-0.05, 0) is 46.2 Å². The van der Waals surface area contributed by atoms with E-state index in [-0.39, 0.29) is 17.0 Å². The number of benzene rings is 1. The number of ether oxygens (including phenoxy) is 1. The zero-order chi connectivity index (χ0) is 21.8. The zero-order valence-electron chi connectivity index (χ0n) is 17.4. The van der Waals surface area contributed by atoms with E-state index in [0.717, 1.165) is 28.8 Å². The van der Waals surface area contributed by atoms with Crippen LogP contribution in [-0.4, -0.2) is 28.8 Å². The van der Waals surface area contributed by atoms with Crippen LogP contribution in [0, 0.1) is 5.41 Å². The molecule has 0 saturated carbocycles. The minimum atomic E-state index is -1.21. The Balaban J connectivity index is 1.84. The zero-order valence-corrected chi connectivity index (χ0v) is 17.4. The van der Waals surface area contributed by atoms with Crippen molar-refractivity contribution in [1.82, 2.24) is 9.88 Å². The second-order valence-corrected chi connectivity index (χ2v) is 8.83. The number of allylic oxidation sites excluding steroid dienone is 2. The van der Waals surface area contributed by atoms with Gasteiger partial charge in [-0.2, -0.15) is 0 Å². The van der Waals surface area contributed by atoms with Crippen LogP contribution >= 0.6 is 0 Å². The predicted molar refractivity (Wildman–Crippen MR) is 113 cm³/mol. The molecule has 1 aromatic carbocycles. The third-order valence-corrected chi connectivity index (χ3v) is 5.90. The largest absolute Gasteiger partial charge is 0.477 e. The minimum absolute atomic E-state index is 0.00213. The van der Waals surface area contributed by atoms with E-state index < -0.39 is 17.5 Å². The van der Waals surface area contributed by atoms with E-state index in [0.29, 0.717) is 12.2 Å². The van der Waals surface area contributed by atoms with Crippen molar-refractivity contribution in [3.05, 3.63) is 63.1 Å². The summed E-state index contributed by atoms with van der Waals surface area (Å²) in [6.07, 6.45) is 2.29. The van der Waals surface area contributed by atoms with Crippen molar-refractivity contribution in [1.29, 1.82) is 0 Å². The Hall–Kier alpha value is -3.35. The molecule has 1 aromatic heterocycles. The Kier molecular flexibility index (Phi) is 4.56. The first-order valence-corrected chi connectivity index (χ1v) is 9.85. The number of nitrogens with zero attached hydrogens (tertiary/aromatic N) is 1. The predicted octanol–water partition coefficient (Wildman–Crippen LogP) is 3.72. The number of hydrogen-bond donors (Lipinski definition) is 2. The number of carboxylic acids is 1. The lowest BCUT2D eigenvalue weighted by atomic mass is 9.78. The average molecular weight is 408 g/mol.